The molecule has 1 saturated heterocycles. The molecule has 0 aromatic rings. The van der Waals surface area contributed by atoms with Crippen molar-refractivity contribution in [1.29, 1.82) is 0 Å². The molecule has 2 atom stereocenters. The number of carbonyl (C=O) groups excluding carboxylic acids is 1. The van der Waals surface area contributed by atoms with Gasteiger partial charge in [0.25, 0.3) is 5.91 Å². The Hall–Kier alpha value is -1.13. The van der Waals surface area contributed by atoms with E-state index in [1.165, 1.54) is 6.08 Å². The second-order valence-electron chi connectivity index (χ2n) is 5.27. The number of hydrogen-bond acceptors (Lipinski definition) is 3. The quantitative estimate of drug-likeness (QED) is 0.481. The van der Waals surface area contributed by atoms with Gasteiger partial charge in [0.2, 0.25) is 0 Å². The predicted molar refractivity (Wildman–Crippen MR) is 82.2 cm³/mol. The minimum absolute atomic E-state index is 0.0201. The first-order valence-electron chi connectivity index (χ1n) is 7.51. The SMILES string of the molecule is C=CC[C@H](CCC)N(C(=O)C=C)N1CCC[C@H]1COC. The van der Waals surface area contributed by atoms with Crippen LogP contribution < -0.4 is 0 Å². The summed E-state index contributed by atoms with van der Waals surface area (Å²) in [6.07, 6.45) is 8.30. The second kappa shape index (κ2) is 8.93. The largest absolute Gasteiger partial charge is 0.383 e. The number of rotatable bonds is 9. The molecular formula is C16H28N2O2. The fourth-order valence-corrected chi connectivity index (χ4v) is 2.94. The second-order valence-corrected chi connectivity index (χ2v) is 5.27. The van der Waals surface area contributed by atoms with Crippen LogP contribution in [0.15, 0.2) is 25.3 Å². The highest BCUT2D eigenvalue weighted by Crippen LogP contribution is 2.25. The van der Waals surface area contributed by atoms with Crippen LogP contribution in [0.3, 0.4) is 0 Å². The molecule has 114 valence electrons. The van der Waals surface area contributed by atoms with Gasteiger partial charge in [-0.15, -0.1) is 6.58 Å². The van der Waals surface area contributed by atoms with E-state index in [-0.39, 0.29) is 18.0 Å². The van der Waals surface area contributed by atoms with Gasteiger partial charge in [0.05, 0.1) is 18.7 Å². The van der Waals surface area contributed by atoms with E-state index in [9.17, 15) is 4.79 Å². The topological polar surface area (TPSA) is 32.8 Å². The van der Waals surface area contributed by atoms with E-state index in [4.69, 9.17) is 4.74 Å². The molecule has 0 bridgehead atoms. The minimum atomic E-state index is -0.0201. The van der Waals surface area contributed by atoms with Gasteiger partial charge in [0, 0.05) is 13.7 Å². The third kappa shape index (κ3) is 4.18. The van der Waals surface area contributed by atoms with Gasteiger partial charge in [-0.1, -0.05) is 26.0 Å². The lowest BCUT2D eigenvalue weighted by Gasteiger charge is -2.40. The number of methoxy groups -OCH3 is 1. The summed E-state index contributed by atoms with van der Waals surface area (Å²) in [5, 5.41) is 4.08. The van der Waals surface area contributed by atoms with Crippen molar-refractivity contribution in [3.63, 3.8) is 0 Å². The molecule has 4 heteroatoms. The lowest BCUT2D eigenvalue weighted by molar-refractivity contribution is -0.154. The highest BCUT2D eigenvalue weighted by atomic mass is 16.5. The predicted octanol–water partition coefficient (Wildman–Crippen LogP) is 2.77. The number of hydrazine groups is 1. The molecule has 1 amide bonds. The maximum atomic E-state index is 12.3. The Kier molecular flexibility index (Phi) is 7.55. The number of carbonyl (C=O) groups is 1. The first-order chi connectivity index (χ1) is 9.69. The maximum Gasteiger partial charge on any atom is 0.260 e. The monoisotopic (exact) mass is 280 g/mol. The molecule has 0 unspecified atom stereocenters. The number of ether oxygens (including phenoxy) is 1. The first kappa shape index (κ1) is 16.9. The molecule has 1 rings (SSSR count). The van der Waals surface area contributed by atoms with Crippen LogP contribution in [0.4, 0.5) is 0 Å². The zero-order chi connectivity index (χ0) is 15.0. The standard InChI is InChI=1S/C16H28N2O2/c1-5-9-14(10-6-2)18(16(19)7-3)17-12-8-11-15(17)13-20-4/h5,7,14-15H,1,3,6,8-13H2,2,4H3/t14-,15+/m1/s1. The summed E-state index contributed by atoms with van der Waals surface area (Å²) in [4.78, 5) is 12.3. The molecule has 0 aliphatic carbocycles. The Morgan fingerprint density at radius 2 is 2.30 bits per heavy atom. The number of hydrogen-bond donors (Lipinski definition) is 0. The van der Waals surface area contributed by atoms with E-state index in [0.29, 0.717) is 6.61 Å². The molecular weight excluding hydrogens is 252 g/mol. The van der Waals surface area contributed by atoms with Crippen molar-refractivity contribution < 1.29 is 9.53 Å². The van der Waals surface area contributed by atoms with Gasteiger partial charge in [-0.05, 0) is 31.8 Å². The van der Waals surface area contributed by atoms with Crippen LogP contribution in [0, 0.1) is 0 Å². The van der Waals surface area contributed by atoms with Crippen LogP contribution in [0.2, 0.25) is 0 Å². The van der Waals surface area contributed by atoms with E-state index < -0.39 is 0 Å². The van der Waals surface area contributed by atoms with Crippen molar-refractivity contribution in [2.45, 2.75) is 51.1 Å². The summed E-state index contributed by atoms with van der Waals surface area (Å²) in [6, 6.07) is 0.452. The third-order valence-corrected chi connectivity index (χ3v) is 3.79. The zero-order valence-electron chi connectivity index (χ0n) is 12.9. The van der Waals surface area contributed by atoms with E-state index in [1.807, 2.05) is 11.1 Å². The van der Waals surface area contributed by atoms with E-state index in [2.05, 4.69) is 25.1 Å². The van der Waals surface area contributed by atoms with Crippen LogP contribution in [-0.2, 0) is 9.53 Å². The Morgan fingerprint density at radius 1 is 1.55 bits per heavy atom. The Balaban J connectivity index is 2.93. The normalized spacial score (nSPS) is 20.6. The van der Waals surface area contributed by atoms with Gasteiger partial charge in [0.1, 0.15) is 0 Å². The molecule has 0 radical (unpaired) electrons. The molecule has 1 fully saturated rings. The average Bonchev–Trinajstić information content (AvgIpc) is 2.88. The van der Waals surface area contributed by atoms with Crippen molar-refractivity contribution in [1.82, 2.24) is 10.0 Å². The fraction of sp³-hybridized carbons (Fsp3) is 0.688. The van der Waals surface area contributed by atoms with Crippen molar-refractivity contribution >= 4 is 5.91 Å². The summed E-state index contributed by atoms with van der Waals surface area (Å²) in [7, 11) is 1.71. The lowest BCUT2D eigenvalue weighted by atomic mass is 10.1. The third-order valence-electron chi connectivity index (χ3n) is 3.79. The molecule has 0 aromatic carbocycles. The van der Waals surface area contributed by atoms with Crippen molar-refractivity contribution in [3.05, 3.63) is 25.3 Å². The van der Waals surface area contributed by atoms with E-state index in [1.54, 1.807) is 7.11 Å². The smallest absolute Gasteiger partial charge is 0.260 e. The molecule has 0 saturated carbocycles. The summed E-state index contributed by atoms with van der Waals surface area (Å²) in [5.74, 6) is -0.0201. The summed E-state index contributed by atoms with van der Waals surface area (Å²) in [6.45, 7) is 11.2. The molecule has 1 aliphatic rings. The van der Waals surface area contributed by atoms with Crippen molar-refractivity contribution in [2.24, 2.45) is 0 Å². The molecule has 1 aliphatic heterocycles. The van der Waals surface area contributed by atoms with Crippen LogP contribution in [0.25, 0.3) is 0 Å². The van der Waals surface area contributed by atoms with Gasteiger partial charge >= 0.3 is 0 Å². The van der Waals surface area contributed by atoms with Crippen molar-refractivity contribution in [3.8, 4) is 0 Å². The van der Waals surface area contributed by atoms with Crippen LogP contribution in [-0.4, -0.2) is 48.3 Å². The zero-order valence-corrected chi connectivity index (χ0v) is 12.9. The highest BCUT2D eigenvalue weighted by molar-refractivity contribution is 5.86. The molecule has 0 aromatic heterocycles. The Labute approximate surface area is 123 Å². The molecule has 0 spiro atoms. The van der Waals surface area contributed by atoms with Gasteiger partial charge in [-0.2, -0.15) is 0 Å². The van der Waals surface area contributed by atoms with Gasteiger partial charge in [-0.3, -0.25) is 9.80 Å². The molecule has 1 heterocycles. The fourth-order valence-electron chi connectivity index (χ4n) is 2.94. The van der Waals surface area contributed by atoms with Crippen LogP contribution in [0.5, 0.6) is 0 Å². The van der Waals surface area contributed by atoms with Gasteiger partial charge in [0.15, 0.2) is 0 Å². The Morgan fingerprint density at radius 3 is 2.85 bits per heavy atom. The maximum absolute atomic E-state index is 12.3. The highest BCUT2D eigenvalue weighted by Gasteiger charge is 2.34. The molecule has 20 heavy (non-hydrogen) atoms. The van der Waals surface area contributed by atoms with Crippen molar-refractivity contribution in [2.75, 3.05) is 20.3 Å². The summed E-state index contributed by atoms with van der Waals surface area (Å²) >= 11 is 0. The number of amides is 1. The van der Waals surface area contributed by atoms with Gasteiger partial charge < -0.3 is 4.74 Å². The Bertz CT molecular complexity index is 330. The molecule has 0 N–H and O–H groups in total. The number of nitrogens with zero attached hydrogens (tertiary/aromatic N) is 2. The summed E-state index contributed by atoms with van der Waals surface area (Å²) in [5.41, 5.74) is 0. The van der Waals surface area contributed by atoms with Gasteiger partial charge in [-0.25, -0.2) is 5.01 Å². The van der Waals surface area contributed by atoms with Crippen LogP contribution >= 0.6 is 0 Å². The van der Waals surface area contributed by atoms with E-state index >= 15 is 0 Å². The minimum Gasteiger partial charge on any atom is -0.383 e. The average molecular weight is 280 g/mol. The van der Waals surface area contributed by atoms with E-state index in [0.717, 1.165) is 38.6 Å². The summed E-state index contributed by atoms with van der Waals surface area (Å²) < 4.78 is 5.29. The molecule has 4 nitrogen and oxygen atoms in total. The first-order valence-corrected chi connectivity index (χ1v) is 7.51. The lowest BCUT2D eigenvalue weighted by Crippen LogP contribution is -2.54. The van der Waals surface area contributed by atoms with Crippen LogP contribution in [0.1, 0.15) is 39.0 Å².